The molecule has 2 aliphatic rings. The maximum absolute atomic E-state index is 5.77. The molecule has 1 atom stereocenters. The molecule has 12 heavy (non-hydrogen) atoms. The molecule has 0 amide bonds. The Kier molecular flexibility index (Phi) is 3.01. The van der Waals surface area contributed by atoms with Crippen LogP contribution in [0.4, 0.5) is 0 Å². The molecular weight excluding hydrogens is 150 g/mol. The highest BCUT2D eigenvalue weighted by Gasteiger charge is 2.21. The smallest absolute Gasteiger partial charge is 0.0699 e. The molecule has 1 saturated carbocycles. The molecule has 2 rings (SSSR count). The highest BCUT2D eigenvalue weighted by molar-refractivity contribution is 4.73. The standard InChI is InChI=1S/C10H19NO/c1-2-10(8-11-6-1)12-7-5-9-3-4-9/h9-11H,1-8H2/t10-/m0/s1. The highest BCUT2D eigenvalue weighted by Crippen LogP contribution is 2.32. The molecule has 2 fully saturated rings. The van der Waals surface area contributed by atoms with Gasteiger partial charge in [0.25, 0.3) is 0 Å². The van der Waals surface area contributed by atoms with Crippen molar-refractivity contribution in [2.45, 2.75) is 38.2 Å². The van der Waals surface area contributed by atoms with Crippen molar-refractivity contribution in [3.8, 4) is 0 Å². The minimum atomic E-state index is 0.512. The summed E-state index contributed by atoms with van der Waals surface area (Å²) in [5.74, 6) is 1.02. The summed E-state index contributed by atoms with van der Waals surface area (Å²) in [7, 11) is 0. The maximum Gasteiger partial charge on any atom is 0.0699 e. The zero-order valence-electron chi connectivity index (χ0n) is 7.72. The van der Waals surface area contributed by atoms with Crippen molar-refractivity contribution in [1.82, 2.24) is 5.32 Å². The van der Waals surface area contributed by atoms with E-state index in [1.807, 2.05) is 0 Å². The lowest BCUT2D eigenvalue weighted by Gasteiger charge is -2.22. The van der Waals surface area contributed by atoms with E-state index < -0.39 is 0 Å². The molecule has 1 aliphatic carbocycles. The van der Waals surface area contributed by atoms with Gasteiger partial charge < -0.3 is 10.1 Å². The number of piperidine rings is 1. The quantitative estimate of drug-likeness (QED) is 0.689. The van der Waals surface area contributed by atoms with Gasteiger partial charge in [-0.15, -0.1) is 0 Å². The third-order valence-corrected chi connectivity index (χ3v) is 2.83. The van der Waals surface area contributed by atoms with Crippen LogP contribution in [0.2, 0.25) is 0 Å². The van der Waals surface area contributed by atoms with E-state index in [2.05, 4.69) is 5.32 Å². The average molecular weight is 169 g/mol. The number of hydrogen-bond acceptors (Lipinski definition) is 2. The topological polar surface area (TPSA) is 21.3 Å². The summed E-state index contributed by atoms with van der Waals surface area (Å²) in [6, 6.07) is 0. The van der Waals surface area contributed by atoms with Crippen LogP contribution in [0.5, 0.6) is 0 Å². The Morgan fingerprint density at radius 1 is 1.25 bits per heavy atom. The molecule has 70 valence electrons. The molecule has 0 unspecified atom stereocenters. The second-order valence-corrected chi connectivity index (χ2v) is 4.07. The molecule has 1 N–H and O–H groups in total. The largest absolute Gasteiger partial charge is 0.377 e. The van der Waals surface area contributed by atoms with Crippen LogP contribution in [-0.2, 0) is 4.74 Å². The van der Waals surface area contributed by atoms with Gasteiger partial charge in [0.05, 0.1) is 6.10 Å². The summed E-state index contributed by atoms with van der Waals surface area (Å²) in [6.45, 7) is 3.25. The molecule has 0 aromatic heterocycles. The SMILES string of the molecule is C1CNC[C@@H](OCCC2CC2)C1. The van der Waals surface area contributed by atoms with E-state index in [-0.39, 0.29) is 0 Å². The number of nitrogens with one attached hydrogen (secondary N) is 1. The summed E-state index contributed by atoms with van der Waals surface area (Å²) in [4.78, 5) is 0. The lowest BCUT2D eigenvalue weighted by Crippen LogP contribution is -2.35. The van der Waals surface area contributed by atoms with E-state index >= 15 is 0 Å². The van der Waals surface area contributed by atoms with Gasteiger partial charge in [-0.3, -0.25) is 0 Å². The van der Waals surface area contributed by atoms with Crippen molar-refractivity contribution < 1.29 is 4.74 Å². The molecule has 2 heteroatoms. The minimum Gasteiger partial charge on any atom is -0.377 e. The Morgan fingerprint density at radius 3 is 2.83 bits per heavy atom. The molecule has 1 heterocycles. The predicted octanol–water partition coefficient (Wildman–Crippen LogP) is 1.56. The van der Waals surface area contributed by atoms with Gasteiger partial charge >= 0.3 is 0 Å². The van der Waals surface area contributed by atoms with Crippen LogP contribution in [0.15, 0.2) is 0 Å². The molecule has 0 aromatic rings. The lowest BCUT2D eigenvalue weighted by atomic mass is 10.1. The Hall–Kier alpha value is -0.0800. The molecule has 0 aromatic carbocycles. The third kappa shape index (κ3) is 2.76. The summed E-state index contributed by atoms with van der Waals surface area (Å²) in [6.07, 6.45) is 7.26. The number of rotatable bonds is 4. The number of ether oxygens (including phenoxy) is 1. The molecule has 0 bridgehead atoms. The van der Waals surface area contributed by atoms with Gasteiger partial charge in [0, 0.05) is 13.2 Å². The predicted molar refractivity (Wildman–Crippen MR) is 49.2 cm³/mol. The second-order valence-electron chi connectivity index (χ2n) is 4.07. The maximum atomic E-state index is 5.77. The Bertz CT molecular complexity index is 128. The van der Waals surface area contributed by atoms with Gasteiger partial charge in [0.2, 0.25) is 0 Å². The van der Waals surface area contributed by atoms with E-state index in [9.17, 15) is 0 Å². The van der Waals surface area contributed by atoms with Gasteiger partial charge in [-0.25, -0.2) is 0 Å². The van der Waals surface area contributed by atoms with Crippen molar-refractivity contribution >= 4 is 0 Å². The van der Waals surface area contributed by atoms with Crippen LogP contribution in [0.1, 0.15) is 32.1 Å². The van der Waals surface area contributed by atoms with Crippen molar-refractivity contribution in [2.75, 3.05) is 19.7 Å². The number of hydrogen-bond donors (Lipinski definition) is 1. The fourth-order valence-electron chi connectivity index (χ4n) is 1.77. The monoisotopic (exact) mass is 169 g/mol. The van der Waals surface area contributed by atoms with Crippen molar-refractivity contribution in [2.24, 2.45) is 5.92 Å². The van der Waals surface area contributed by atoms with Crippen LogP contribution in [0, 0.1) is 5.92 Å². The van der Waals surface area contributed by atoms with E-state index in [0.29, 0.717) is 6.10 Å². The Balaban J connectivity index is 1.52. The van der Waals surface area contributed by atoms with Crippen LogP contribution in [0.3, 0.4) is 0 Å². The van der Waals surface area contributed by atoms with Gasteiger partial charge in [0.1, 0.15) is 0 Å². The average Bonchev–Trinajstić information content (AvgIpc) is 2.90. The van der Waals surface area contributed by atoms with Gasteiger partial charge in [-0.2, -0.15) is 0 Å². The fourth-order valence-corrected chi connectivity index (χ4v) is 1.77. The molecule has 0 spiro atoms. The molecule has 0 radical (unpaired) electrons. The zero-order chi connectivity index (χ0) is 8.23. The van der Waals surface area contributed by atoms with Crippen LogP contribution in [-0.4, -0.2) is 25.8 Å². The molecular formula is C10H19NO. The van der Waals surface area contributed by atoms with E-state index in [4.69, 9.17) is 4.74 Å². The van der Waals surface area contributed by atoms with E-state index in [0.717, 1.165) is 19.1 Å². The normalized spacial score (nSPS) is 30.5. The Labute approximate surface area is 74.7 Å². The summed E-state index contributed by atoms with van der Waals surface area (Å²) in [5, 5.41) is 3.36. The minimum absolute atomic E-state index is 0.512. The Morgan fingerprint density at radius 2 is 2.17 bits per heavy atom. The third-order valence-electron chi connectivity index (χ3n) is 2.83. The summed E-state index contributed by atoms with van der Waals surface area (Å²) >= 11 is 0. The zero-order valence-corrected chi connectivity index (χ0v) is 7.72. The van der Waals surface area contributed by atoms with Gasteiger partial charge in [0.15, 0.2) is 0 Å². The second kappa shape index (κ2) is 4.24. The summed E-state index contributed by atoms with van der Waals surface area (Å²) < 4.78 is 5.77. The van der Waals surface area contributed by atoms with Crippen LogP contribution < -0.4 is 5.32 Å². The first kappa shape index (κ1) is 8.52. The van der Waals surface area contributed by atoms with Gasteiger partial charge in [-0.05, 0) is 31.7 Å². The van der Waals surface area contributed by atoms with Crippen molar-refractivity contribution in [3.05, 3.63) is 0 Å². The first-order valence-corrected chi connectivity index (χ1v) is 5.27. The molecule has 1 saturated heterocycles. The van der Waals surface area contributed by atoms with Crippen molar-refractivity contribution in [3.63, 3.8) is 0 Å². The highest BCUT2D eigenvalue weighted by atomic mass is 16.5. The molecule has 1 aliphatic heterocycles. The fraction of sp³-hybridized carbons (Fsp3) is 1.00. The van der Waals surface area contributed by atoms with Gasteiger partial charge in [-0.1, -0.05) is 12.8 Å². The van der Waals surface area contributed by atoms with Crippen LogP contribution >= 0.6 is 0 Å². The van der Waals surface area contributed by atoms with Crippen molar-refractivity contribution in [1.29, 1.82) is 0 Å². The first-order valence-electron chi connectivity index (χ1n) is 5.27. The first-order chi connectivity index (χ1) is 5.95. The van der Waals surface area contributed by atoms with E-state index in [1.54, 1.807) is 0 Å². The lowest BCUT2D eigenvalue weighted by molar-refractivity contribution is 0.0337. The van der Waals surface area contributed by atoms with E-state index in [1.165, 1.54) is 38.6 Å². The van der Waals surface area contributed by atoms with Crippen LogP contribution in [0.25, 0.3) is 0 Å². The molecule has 2 nitrogen and oxygen atoms in total. The summed E-state index contributed by atoms with van der Waals surface area (Å²) in [5.41, 5.74) is 0.